The number of benzene rings is 1. The van der Waals surface area contributed by atoms with Gasteiger partial charge in [-0.25, -0.2) is 4.68 Å². The number of nitrogens with one attached hydrogen (secondary N) is 1. The topological polar surface area (TPSA) is 84.3 Å². The van der Waals surface area contributed by atoms with Gasteiger partial charge in [-0.3, -0.25) is 19.3 Å². The predicted molar refractivity (Wildman–Crippen MR) is 99.4 cm³/mol. The molecular weight excluding hydrogens is 344 g/mol. The van der Waals surface area contributed by atoms with Gasteiger partial charge in [0.25, 0.3) is 11.8 Å². The summed E-state index contributed by atoms with van der Waals surface area (Å²) in [6.45, 7) is 0.238. The maximum Gasteiger partial charge on any atom is 0.261 e. The Bertz CT molecular complexity index is 848. The van der Waals surface area contributed by atoms with Gasteiger partial charge >= 0.3 is 0 Å². The molecule has 27 heavy (non-hydrogen) atoms. The third kappa shape index (κ3) is 3.37. The first-order chi connectivity index (χ1) is 13.1. The molecule has 1 aromatic heterocycles. The molecule has 0 bridgehead atoms. The van der Waals surface area contributed by atoms with E-state index < -0.39 is 0 Å². The Morgan fingerprint density at radius 3 is 2.41 bits per heavy atom. The number of nitrogens with zero attached hydrogens (tertiary/aromatic N) is 3. The van der Waals surface area contributed by atoms with E-state index in [-0.39, 0.29) is 30.7 Å². The van der Waals surface area contributed by atoms with E-state index in [4.69, 9.17) is 0 Å². The van der Waals surface area contributed by atoms with Gasteiger partial charge in [-0.15, -0.1) is 0 Å². The molecule has 2 aliphatic rings. The van der Waals surface area contributed by atoms with Crippen molar-refractivity contribution in [2.45, 2.75) is 44.6 Å². The molecule has 1 aromatic carbocycles. The maximum absolute atomic E-state index is 12.3. The number of hydrogen-bond donors (Lipinski definition) is 1. The number of fused-ring (bicyclic) bond motifs is 1. The van der Waals surface area contributed by atoms with Crippen molar-refractivity contribution in [3.63, 3.8) is 0 Å². The van der Waals surface area contributed by atoms with Crippen LogP contribution in [0, 0.1) is 0 Å². The third-order valence-electron chi connectivity index (χ3n) is 5.27. The molecule has 2 heterocycles. The molecule has 0 saturated heterocycles. The fourth-order valence-electron chi connectivity index (χ4n) is 3.90. The number of aromatic nitrogens is 2. The van der Waals surface area contributed by atoms with E-state index in [2.05, 4.69) is 10.4 Å². The lowest BCUT2D eigenvalue weighted by molar-refractivity contribution is -0.116. The first-order valence-electron chi connectivity index (χ1n) is 9.44. The molecule has 0 radical (unpaired) electrons. The Morgan fingerprint density at radius 1 is 1.07 bits per heavy atom. The van der Waals surface area contributed by atoms with Crippen molar-refractivity contribution in [2.24, 2.45) is 0 Å². The van der Waals surface area contributed by atoms with Crippen LogP contribution in [0.25, 0.3) is 0 Å². The molecule has 3 amide bonds. The van der Waals surface area contributed by atoms with E-state index in [1.54, 1.807) is 36.5 Å². The highest BCUT2D eigenvalue weighted by Gasteiger charge is 2.34. The summed E-state index contributed by atoms with van der Waals surface area (Å²) in [5.41, 5.74) is 0.875. The predicted octanol–water partition coefficient (Wildman–Crippen LogP) is 3.01. The van der Waals surface area contributed by atoms with Gasteiger partial charge in [-0.1, -0.05) is 25.0 Å². The molecule has 1 fully saturated rings. The largest absolute Gasteiger partial charge is 0.311 e. The number of hydrogen-bond acceptors (Lipinski definition) is 4. The number of amides is 3. The van der Waals surface area contributed by atoms with Crippen molar-refractivity contribution in [2.75, 3.05) is 11.9 Å². The smallest absolute Gasteiger partial charge is 0.261 e. The average Bonchev–Trinajstić information content (AvgIpc) is 3.39. The van der Waals surface area contributed by atoms with Crippen LogP contribution >= 0.6 is 0 Å². The van der Waals surface area contributed by atoms with E-state index in [1.165, 1.54) is 17.7 Å². The Hall–Kier alpha value is -2.96. The molecule has 7 nitrogen and oxygen atoms in total. The van der Waals surface area contributed by atoms with Gasteiger partial charge in [-0.05, 0) is 31.4 Å². The lowest BCUT2D eigenvalue weighted by Gasteiger charge is -2.15. The molecule has 4 rings (SSSR count). The Balaban J connectivity index is 1.30. The Morgan fingerprint density at radius 2 is 1.74 bits per heavy atom. The molecule has 7 heteroatoms. The van der Waals surface area contributed by atoms with Crippen molar-refractivity contribution in [1.82, 2.24) is 14.7 Å². The average molecular weight is 366 g/mol. The summed E-state index contributed by atoms with van der Waals surface area (Å²) in [5.74, 6) is 0.0182. The number of anilines is 1. The van der Waals surface area contributed by atoms with Crippen LogP contribution in [-0.4, -0.2) is 38.9 Å². The molecular formula is C20H22N4O3. The van der Waals surface area contributed by atoms with E-state index in [0.29, 0.717) is 29.4 Å². The van der Waals surface area contributed by atoms with Gasteiger partial charge in [0.15, 0.2) is 0 Å². The standard InChI is InChI=1S/C20H22N4O3/c25-18(22-17-11-12-21-24(17)14-6-1-2-7-14)10-5-13-23-19(26)15-8-3-4-9-16(15)20(23)27/h3-4,8-9,11-12,14H,1-2,5-7,10,13H2,(H,22,25). The van der Waals surface area contributed by atoms with Crippen LogP contribution in [0.3, 0.4) is 0 Å². The summed E-state index contributed by atoms with van der Waals surface area (Å²) in [6, 6.07) is 8.97. The maximum atomic E-state index is 12.3. The second-order valence-electron chi connectivity index (χ2n) is 7.06. The monoisotopic (exact) mass is 366 g/mol. The fourth-order valence-corrected chi connectivity index (χ4v) is 3.90. The van der Waals surface area contributed by atoms with Gasteiger partial charge in [0, 0.05) is 19.0 Å². The van der Waals surface area contributed by atoms with Gasteiger partial charge < -0.3 is 5.32 Å². The molecule has 2 aromatic rings. The molecule has 0 atom stereocenters. The third-order valence-corrected chi connectivity index (χ3v) is 5.27. The number of rotatable bonds is 6. The van der Waals surface area contributed by atoms with E-state index in [9.17, 15) is 14.4 Å². The van der Waals surface area contributed by atoms with Crippen molar-refractivity contribution in [3.05, 3.63) is 47.7 Å². The van der Waals surface area contributed by atoms with Crippen LogP contribution in [0.1, 0.15) is 65.3 Å². The summed E-state index contributed by atoms with van der Waals surface area (Å²) < 4.78 is 1.90. The molecule has 0 unspecified atom stereocenters. The summed E-state index contributed by atoms with van der Waals surface area (Å²) in [5, 5.41) is 7.25. The zero-order valence-corrected chi connectivity index (χ0v) is 15.1. The van der Waals surface area contributed by atoms with Crippen LogP contribution in [0.15, 0.2) is 36.5 Å². The highest BCUT2D eigenvalue weighted by atomic mass is 16.2. The Labute approximate surface area is 157 Å². The molecule has 140 valence electrons. The number of imide groups is 1. The second-order valence-corrected chi connectivity index (χ2v) is 7.06. The molecule has 1 aliphatic carbocycles. The SMILES string of the molecule is O=C(CCCN1C(=O)c2ccccc2C1=O)Nc1ccnn1C1CCCC1. The Kier molecular flexibility index (Phi) is 4.75. The van der Waals surface area contributed by atoms with Crippen molar-refractivity contribution in [1.29, 1.82) is 0 Å². The van der Waals surface area contributed by atoms with Gasteiger partial charge in [0.05, 0.1) is 23.4 Å². The van der Waals surface area contributed by atoms with Crippen LogP contribution in [-0.2, 0) is 4.79 Å². The van der Waals surface area contributed by atoms with Crippen LogP contribution < -0.4 is 5.32 Å². The summed E-state index contributed by atoms with van der Waals surface area (Å²) in [6.07, 6.45) is 6.93. The van der Waals surface area contributed by atoms with Crippen molar-refractivity contribution in [3.8, 4) is 0 Å². The van der Waals surface area contributed by atoms with Crippen molar-refractivity contribution >= 4 is 23.5 Å². The van der Waals surface area contributed by atoms with E-state index in [1.807, 2.05) is 4.68 Å². The van der Waals surface area contributed by atoms with Crippen LogP contribution in [0.2, 0.25) is 0 Å². The van der Waals surface area contributed by atoms with Crippen LogP contribution in [0.5, 0.6) is 0 Å². The fraction of sp³-hybridized carbons (Fsp3) is 0.400. The molecule has 1 N–H and O–H groups in total. The number of carbonyl (C=O) groups is 3. The normalized spacial score (nSPS) is 16.8. The highest BCUT2D eigenvalue weighted by molar-refractivity contribution is 6.21. The van der Waals surface area contributed by atoms with Crippen LogP contribution in [0.4, 0.5) is 5.82 Å². The van der Waals surface area contributed by atoms with E-state index in [0.717, 1.165) is 12.8 Å². The lowest BCUT2D eigenvalue weighted by Crippen LogP contribution is -2.31. The first-order valence-corrected chi connectivity index (χ1v) is 9.44. The minimum absolute atomic E-state index is 0.133. The van der Waals surface area contributed by atoms with E-state index >= 15 is 0 Å². The second kappa shape index (κ2) is 7.34. The zero-order chi connectivity index (χ0) is 18.8. The first kappa shape index (κ1) is 17.5. The molecule has 1 saturated carbocycles. The summed E-state index contributed by atoms with van der Waals surface area (Å²) >= 11 is 0. The minimum Gasteiger partial charge on any atom is -0.311 e. The lowest BCUT2D eigenvalue weighted by atomic mass is 10.1. The molecule has 0 spiro atoms. The minimum atomic E-state index is -0.282. The van der Waals surface area contributed by atoms with Gasteiger partial charge in [0.2, 0.25) is 5.91 Å². The van der Waals surface area contributed by atoms with Gasteiger partial charge in [-0.2, -0.15) is 5.10 Å². The summed E-state index contributed by atoms with van der Waals surface area (Å²) in [4.78, 5) is 38.2. The molecule has 1 aliphatic heterocycles. The zero-order valence-electron chi connectivity index (χ0n) is 15.1. The van der Waals surface area contributed by atoms with Crippen molar-refractivity contribution < 1.29 is 14.4 Å². The quantitative estimate of drug-likeness (QED) is 0.797. The van der Waals surface area contributed by atoms with Gasteiger partial charge in [0.1, 0.15) is 5.82 Å². The highest BCUT2D eigenvalue weighted by Crippen LogP contribution is 2.31. The summed E-state index contributed by atoms with van der Waals surface area (Å²) in [7, 11) is 0. The number of carbonyl (C=O) groups excluding carboxylic acids is 3.